The van der Waals surface area contributed by atoms with Crippen LogP contribution in [-0.4, -0.2) is 0 Å². The Bertz CT molecular complexity index is 617. The third-order valence-corrected chi connectivity index (χ3v) is 8.32. The van der Waals surface area contributed by atoms with Gasteiger partial charge in [-0.1, -0.05) is 38.7 Å². The second kappa shape index (κ2) is 8.62. The summed E-state index contributed by atoms with van der Waals surface area (Å²) in [7, 11) is 0. The molecule has 27 heavy (non-hydrogen) atoms. The van der Waals surface area contributed by atoms with Gasteiger partial charge in [-0.05, 0) is 105 Å². The average molecular weight is 375 g/mol. The smallest absolute Gasteiger partial charge is 0.159 e. The van der Waals surface area contributed by atoms with Crippen molar-refractivity contribution < 1.29 is 8.78 Å². The molecule has 0 N–H and O–H groups in total. The number of fused-ring (bicyclic) bond motifs is 1. The molecule has 0 radical (unpaired) electrons. The van der Waals surface area contributed by atoms with Crippen LogP contribution < -0.4 is 0 Å². The second-order valence-electron chi connectivity index (χ2n) is 9.85. The highest BCUT2D eigenvalue weighted by Gasteiger charge is 2.39. The minimum Gasteiger partial charge on any atom is -0.204 e. The Hall–Kier alpha value is -0.920. The zero-order valence-corrected chi connectivity index (χ0v) is 16.9. The molecule has 4 rings (SSSR count). The molecule has 1 aromatic carbocycles. The van der Waals surface area contributed by atoms with Crippen molar-refractivity contribution >= 4 is 0 Å². The van der Waals surface area contributed by atoms with Gasteiger partial charge in [0.05, 0.1) is 0 Å². The van der Waals surface area contributed by atoms with Crippen molar-refractivity contribution in [1.82, 2.24) is 0 Å². The van der Waals surface area contributed by atoms with Gasteiger partial charge in [0.15, 0.2) is 11.6 Å². The van der Waals surface area contributed by atoms with Gasteiger partial charge in [0.25, 0.3) is 0 Å². The third kappa shape index (κ3) is 4.40. The van der Waals surface area contributed by atoms with Crippen LogP contribution in [0.15, 0.2) is 18.2 Å². The first-order valence-corrected chi connectivity index (χ1v) is 11.6. The van der Waals surface area contributed by atoms with Gasteiger partial charge in [0.1, 0.15) is 0 Å². The molecule has 0 amide bonds. The maximum Gasteiger partial charge on any atom is 0.159 e. The van der Waals surface area contributed by atoms with Crippen molar-refractivity contribution in [3.63, 3.8) is 0 Å². The van der Waals surface area contributed by atoms with Gasteiger partial charge >= 0.3 is 0 Å². The summed E-state index contributed by atoms with van der Waals surface area (Å²) in [5.41, 5.74) is 1.02. The molecule has 4 atom stereocenters. The SMILES string of the molecule is CCCC1CCC(C2CC[C@@H]3C[C@H](c4ccc(F)c(F)c4)CC[C@H]3C2)CC1. The largest absolute Gasteiger partial charge is 0.204 e. The lowest BCUT2D eigenvalue weighted by atomic mass is 9.60. The molecule has 150 valence electrons. The van der Waals surface area contributed by atoms with E-state index in [-0.39, 0.29) is 0 Å². The molecule has 0 spiro atoms. The molecule has 0 bridgehead atoms. The quantitative estimate of drug-likeness (QED) is 0.503. The van der Waals surface area contributed by atoms with Crippen molar-refractivity contribution in [2.45, 2.75) is 89.9 Å². The van der Waals surface area contributed by atoms with E-state index in [4.69, 9.17) is 0 Å². The molecular formula is C25H36F2. The van der Waals surface area contributed by atoms with E-state index in [1.54, 1.807) is 0 Å². The molecule has 3 aliphatic carbocycles. The fraction of sp³-hybridized carbons (Fsp3) is 0.760. The lowest BCUT2D eigenvalue weighted by Gasteiger charge is -2.45. The van der Waals surface area contributed by atoms with Crippen molar-refractivity contribution in [2.24, 2.45) is 29.6 Å². The van der Waals surface area contributed by atoms with Crippen LogP contribution >= 0.6 is 0 Å². The minimum atomic E-state index is -0.721. The van der Waals surface area contributed by atoms with Crippen molar-refractivity contribution in [2.75, 3.05) is 0 Å². The van der Waals surface area contributed by atoms with Gasteiger partial charge in [-0.15, -0.1) is 0 Å². The number of rotatable bonds is 4. The van der Waals surface area contributed by atoms with E-state index >= 15 is 0 Å². The highest BCUT2D eigenvalue weighted by atomic mass is 19.2. The Balaban J connectivity index is 1.31. The molecule has 0 aromatic heterocycles. The van der Waals surface area contributed by atoms with E-state index in [0.29, 0.717) is 5.92 Å². The molecule has 2 heteroatoms. The Morgan fingerprint density at radius 2 is 1.37 bits per heavy atom. The Labute approximate surface area is 164 Å². The molecule has 0 saturated heterocycles. The van der Waals surface area contributed by atoms with E-state index in [1.807, 2.05) is 6.07 Å². The summed E-state index contributed by atoms with van der Waals surface area (Å²) in [5, 5.41) is 0. The summed E-state index contributed by atoms with van der Waals surface area (Å²) in [6.07, 6.45) is 16.5. The van der Waals surface area contributed by atoms with E-state index in [1.165, 1.54) is 82.8 Å². The first-order chi connectivity index (χ1) is 13.1. The molecule has 0 aliphatic heterocycles. The van der Waals surface area contributed by atoms with Crippen LogP contribution in [0.3, 0.4) is 0 Å². The normalized spacial score (nSPS) is 37.0. The van der Waals surface area contributed by atoms with Gasteiger partial charge in [-0.25, -0.2) is 8.78 Å². The predicted molar refractivity (Wildman–Crippen MR) is 108 cm³/mol. The number of benzene rings is 1. The number of hydrogen-bond acceptors (Lipinski definition) is 0. The number of hydrogen-bond donors (Lipinski definition) is 0. The van der Waals surface area contributed by atoms with Crippen LogP contribution in [0.5, 0.6) is 0 Å². The van der Waals surface area contributed by atoms with Crippen LogP contribution in [0.4, 0.5) is 8.78 Å². The highest BCUT2D eigenvalue weighted by Crippen LogP contribution is 2.51. The third-order valence-electron chi connectivity index (χ3n) is 8.32. The molecule has 3 aliphatic rings. The highest BCUT2D eigenvalue weighted by molar-refractivity contribution is 5.22. The van der Waals surface area contributed by atoms with Crippen molar-refractivity contribution in [1.29, 1.82) is 0 Å². The Morgan fingerprint density at radius 3 is 2.07 bits per heavy atom. The topological polar surface area (TPSA) is 0 Å². The Morgan fingerprint density at radius 1 is 0.741 bits per heavy atom. The van der Waals surface area contributed by atoms with E-state index < -0.39 is 11.6 Å². The first-order valence-electron chi connectivity index (χ1n) is 11.6. The van der Waals surface area contributed by atoms with E-state index in [0.717, 1.165) is 41.6 Å². The van der Waals surface area contributed by atoms with Crippen LogP contribution in [0.2, 0.25) is 0 Å². The molecule has 1 aromatic rings. The lowest BCUT2D eigenvalue weighted by Crippen LogP contribution is -2.34. The maximum absolute atomic E-state index is 13.6. The average Bonchev–Trinajstić information content (AvgIpc) is 2.70. The summed E-state index contributed by atoms with van der Waals surface area (Å²) in [4.78, 5) is 0. The molecule has 3 fully saturated rings. The van der Waals surface area contributed by atoms with E-state index in [2.05, 4.69) is 6.92 Å². The van der Waals surface area contributed by atoms with Gasteiger partial charge < -0.3 is 0 Å². The van der Waals surface area contributed by atoms with Crippen LogP contribution in [0.25, 0.3) is 0 Å². The summed E-state index contributed by atoms with van der Waals surface area (Å²) in [6, 6.07) is 4.56. The monoisotopic (exact) mass is 374 g/mol. The summed E-state index contributed by atoms with van der Waals surface area (Å²) in [5.74, 6) is 3.69. The van der Waals surface area contributed by atoms with Crippen LogP contribution in [0, 0.1) is 41.2 Å². The minimum absolute atomic E-state index is 0.433. The van der Waals surface area contributed by atoms with Crippen LogP contribution in [0.1, 0.15) is 95.5 Å². The Kier molecular flexibility index (Phi) is 6.19. The summed E-state index contributed by atoms with van der Waals surface area (Å²) >= 11 is 0. The van der Waals surface area contributed by atoms with Gasteiger partial charge in [0.2, 0.25) is 0 Å². The van der Waals surface area contributed by atoms with Crippen molar-refractivity contribution in [3.05, 3.63) is 35.4 Å². The number of halogens is 2. The zero-order valence-electron chi connectivity index (χ0n) is 16.9. The molecule has 1 unspecified atom stereocenters. The predicted octanol–water partition coefficient (Wildman–Crippen LogP) is 7.87. The standard InChI is InChI=1S/C25H36F2/c1-2-3-17-4-6-18(7-5-17)19-8-9-21-15-22(11-10-20(21)14-19)23-12-13-24(26)25(27)16-23/h12-13,16-22H,2-11,14-15H2,1H3/t17?,18?,19?,20-,21+,22+/m0/s1. The molecule has 0 heterocycles. The molecule has 0 nitrogen and oxygen atoms in total. The van der Waals surface area contributed by atoms with Gasteiger partial charge in [0, 0.05) is 0 Å². The van der Waals surface area contributed by atoms with E-state index in [9.17, 15) is 8.78 Å². The lowest BCUT2D eigenvalue weighted by molar-refractivity contribution is 0.0711. The maximum atomic E-state index is 13.6. The summed E-state index contributed by atoms with van der Waals surface area (Å²) in [6.45, 7) is 2.32. The van der Waals surface area contributed by atoms with Crippen LogP contribution in [-0.2, 0) is 0 Å². The fourth-order valence-electron chi connectivity index (χ4n) is 6.78. The van der Waals surface area contributed by atoms with Crippen molar-refractivity contribution in [3.8, 4) is 0 Å². The van der Waals surface area contributed by atoms with Gasteiger partial charge in [-0.2, -0.15) is 0 Å². The zero-order chi connectivity index (χ0) is 18.8. The fourth-order valence-corrected chi connectivity index (χ4v) is 6.78. The summed E-state index contributed by atoms with van der Waals surface area (Å²) < 4.78 is 26.9. The second-order valence-corrected chi connectivity index (χ2v) is 9.85. The molecule has 3 saturated carbocycles. The molecular weight excluding hydrogens is 338 g/mol. The first kappa shape index (κ1) is 19.4. The van der Waals surface area contributed by atoms with Gasteiger partial charge in [-0.3, -0.25) is 0 Å².